The minimum absolute atomic E-state index is 0.278. The number of hydrogen-bond donors (Lipinski definition) is 3. The molecule has 7 heteroatoms. The number of rotatable bonds is 2. The topological polar surface area (TPSA) is 96.7 Å². The van der Waals surface area contributed by atoms with E-state index in [0.29, 0.717) is 11.5 Å². The summed E-state index contributed by atoms with van der Waals surface area (Å²) < 4.78 is 0.993. The summed E-state index contributed by atoms with van der Waals surface area (Å²) in [5.74, 6) is 0.449. The van der Waals surface area contributed by atoms with Crippen molar-refractivity contribution < 1.29 is 4.79 Å². The zero-order valence-corrected chi connectivity index (χ0v) is 10.2. The number of aromatic amines is 1. The Kier molecular flexibility index (Phi) is 3.04. The number of H-pyrrole nitrogens is 1. The molecule has 2 aromatic rings. The van der Waals surface area contributed by atoms with Crippen LogP contribution < -0.4 is 11.1 Å². The molecule has 0 radical (unpaired) electrons. The van der Waals surface area contributed by atoms with Crippen LogP contribution in [-0.4, -0.2) is 21.1 Å². The Morgan fingerprint density at radius 2 is 2.31 bits per heavy atom. The van der Waals surface area contributed by atoms with Gasteiger partial charge in [-0.15, -0.1) is 0 Å². The molecule has 16 heavy (non-hydrogen) atoms. The van der Waals surface area contributed by atoms with Crippen LogP contribution in [0.4, 0.5) is 11.6 Å². The maximum Gasteiger partial charge on any atom is 0.274 e. The number of hydrogen-bond acceptors (Lipinski definition) is 4. The lowest BCUT2D eigenvalue weighted by Crippen LogP contribution is -2.13. The minimum Gasteiger partial charge on any atom is -0.382 e. The molecule has 0 aromatic carbocycles. The molecule has 0 spiro atoms. The smallest absolute Gasteiger partial charge is 0.274 e. The highest BCUT2D eigenvalue weighted by atomic mass is 127. The summed E-state index contributed by atoms with van der Waals surface area (Å²) in [6.45, 7) is 0. The van der Waals surface area contributed by atoms with Crippen molar-refractivity contribution in [3.8, 4) is 0 Å². The van der Waals surface area contributed by atoms with Crippen molar-refractivity contribution in [2.75, 3.05) is 11.1 Å². The Hall–Kier alpha value is -1.64. The molecule has 0 saturated carbocycles. The van der Waals surface area contributed by atoms with Gasteiger partial charge in [0.05, 0.1) is 0 Å². The van der Waals surface area contributed by atoms with Gasteiger partial charge in [0.25, 0.3) is 5.91 Å². The van der Waals surface area contributed by atoms with Crippen molar-refractivity contribution >= 4 is 40.1 Å². The van der Waals surface area contributed by atoms with Gasteiger partial charge in [0, 0.05) is 15.8 Å². The molecule has 0 fully saturated rings. The summed E-state index contributed by atoms with van der Waals surface area (Å²) in [5.41, 5.74) is 5.70. The van der Waals surface area contributed by atoms with Gasteiger partial charge in [0.2, 0.25) is 0 Å². The van der Waals surface area contributed by atoms with Gasteiger partial charge >= 0.3 is 0 Å². The Bertz CT molecular complexity index is 524. The van der Waals surface area contributed by atoms with Crippen LogP contribution in [-0.2, 0) is 0 Å². The van der Waals surface area contributed by atoms with E-state index in [-0.39, 0.29) is 11.7 Å². The summed E-state index contributed by atoms with van der Waals surface area (Å²) in [6.07, 6.45) is 1.62. The van der Waals surface area contributed by atoms with Gasteiger partial charge in [-0.3, -0.25) is 9.89 Å². The Morgan fingerprint density at radius 1 is 1.50 bits per heavy atom. The molecule has 6 nitrogen and oxygen atoms in total. The lowest BCUT2D eigenvalue weighted by Gasteiger charge is -2.01. The van der Waals surface area contributed by atoms with Gasteiger partial charge in [-0.1, -0.05) is 0 Å². The van der Waals surface area contributed by atoms with E-state index >= 15 is 0 Å². The van der Waals surface area contributed by atoms with Crippen LogP contribution in [0.3, 0.4) is 0 Å². The van der Waals surface area contributed by atoms with E-state index in [2.05, 4.69) is 43.1 Å². The molecule has 0 bridgehead atoms. The second-order valence-corrected chi connectivity index (χ2v) is 4.27. The molecular weight excluding hydrogens is 321 g/mol. The maximum absolute atomic E-state index is 11.7. The molecule has 0 aliphatic rings. The molecule has 0 atom stereocenters. The zero-order valence-electron chi connectivity index (χ0n) is 8.07. The number of anilines is 2. The highest BCUT2D eigenvalue weighted by molar-refractivity contribution is 14.1. The van der Waals surface area contributed by atoms with E-state index in [9.17, 15) is 4.79 Å². The number of nitrogen functional groups attached to an aromatic ring is 1. The lowest BCUT2D eigenvalue weighted by molar-refractivity contribution is 0.102. The minimum atomic E-state index is -0.321. The molecule has 2 aromatic heterocycles. The molecule has 0 aliphatic carbocycles. The molecular formula is C9H8IN5O. The predicted octanol–water partition coefficient (Wildman–Crippen LogP) is 1.24. The number of aromatic nitrogens is 3. The summed E-state index contributed by atoms with van der Waals surface area (Å²) >= 11 is 2.14. The monoisotopic (exact) mass is 329 g/mol. The van der Waals surface area contributed by atoms with Crippen molar-refractivity contribution in [1.82, 2.24) is 15.2 Å². The van der Waals surface area contributed by atoms with Crippen molar-refractivity contribution in [3.63, 3.8) is 0 Å². The number of nitrogens with two attached hydrogens (primary N) is 1. The van der Waals surface area contributed by atoms with Crippen molar-refractivity contribution in [1.29, 1.82) is 0 Å². The van der Waals surface area contributed by atoms with Crippen LogP contribution in [0.1, 0.15) is 10.5 Å². The highest BCUT2D eigenvalue weighted by Crippen LogP contribution is 2.10. The molecule has 1 amide bonds. The van der Waals surface area contributed by atoms with Crippen LogP contribution in [0.5, 0.6) is 0 Å². The van der Waals surface area contributed by atoms with E-state index in [1.54, 1.807) is 12.3 Å². The first-order valence-electron chi connectivity index (χ1n) is 4.39. The molecule has 0 saturated heterocycles. The molecule has 0 unspecified atom stereocenters. The average molecular weight is 329 g/mol. The second-order valence-electron chi connectivity index (χ2n) is 3.02. The van der Waals surface area contributed by atoms with E-state index in [1.165, 1.54) is 6.07 Å². The summed E-state index contributed by atoms with van der Waals surface area (Å²) in [4.78, 5) is 15.7. The first-order valence-corrected chi connectivity index (χ1v) is 5.47. The van der Waals surface area contributed by atoms with Gasteiger partial charge in [-0.2, -0.15) is 5.10 Å². The fraction of sp³-hybridized carbons (Fsp3) is 0. The van der Waals surface area contributed by atoms with Gasteiger partial charge in [-0.05, 0) is 34.7 Å². The van der Waals surface area contributed by atoms with E-state index < -0.39 is 0 Å². The standard InChI is InChI=1S/C9H8IN5O/c10-5-1-2-12-8(3-5)13-9(16)6-4-7(11)15-14-6/h1-4H,(H3,11,14,15)(H,12,13,16). The largest absolute Gasteiger partial charge is 0.382 e. The number of carbonyl (C=O) groups is 1. The van der Waals surface area contributed by atoms with Crippen LogP contribution in [0, 0.1) is 3.57 Å². The lowest BCUT2D eigenvalue weighted by atomic mass is 10.4. The number of carbonyl (C=O) groups excluding carboxylic acids is 1. The summed E-state index contributed by atoms with van der Waals surface area (Å²) in [6, 6.07) is 5.06. The van der Waals surface area contributed by atoms with Gasteiger partial charge in [0.15, 0.2) is 0 Å². The van der Waals surface area contributed by atoms with Crippen LogP contribution >= 0.6 is 22.6 Å². The van der Waals surface area contributed by atoms with Crippen molar-refractivity contribution in [3.05, 3.63) is 33.7 Å². The Balaban J connectivity index is 2.13. The molecule has 4 N–H and O–H groups in total. The predicted molar refractivity (Wildman–Crippen MR) is 67.9 cm³/mol. The number of pyridine rings is 1. The third-order valence-electron chi connectivity index (χ3n) is 1.81. The van der Waals surface area contributed by atoms with E-state index in [4.69, 9.17) is 5.73 Å². The number of nitrogens with one attached hydrogen (secondary N) is 2. The van der Waals surface area contributed by atoms with E-state index in [1.807, 2.05) is 6.07 Å². The normalized spacial score (nSPS) is 10.1. The summed E-state index contributed by atoms with van der Waals surface area (Å²) in [7, 11) is 0. The SMILES string of the molecule is Nc1cc(C(=O)Nc2cc(I)ccn2)[nH]n1. The third-order valence-corrected chi connectivity index (χ3v) is 2.48. The molecule has 82 valence electrons. The molecule has 2 rings (SSSR count). The van der Waals surface area contributed by atoms with E-state index in [0.717, 1.165) is 3.57 Å². The number of amides is 1. The van der Waals surface area contributed by atoms with Gasteiger partial charge in [-0.25, -0.2) is 4.98 Å². The van der Waals surface area contributed by atoms with Crippen molar-refractivity contribution in [2.24, 2.45) is 0 Å². The Morgan fingerprint density at radius 3 is 2.94 bits per heavy atom. The van der Waals surface area contributed by atoms with Crippen LogP contribution in [0.25, 0.3) is 0 Å². The zero-order chi connectivity index (χ0) is 11.5. The number of halogens is 1. The van der Waals surface area contributed by atoms with Crippen molar-refractivity contribution in [2.45, 2.75) is 0 Å². The quantitative estimate of drug-likeness (QED) is 0.722. The van der Waals surface area contributed by atoms with Crippen LogP contribution in [0.2, 0.25) is 0 Å². The first kappa shape index (κ1) is 10.9. The molecule has 2 heterocycles. The fourth-order valence-electron chi connectivity index (χ4n) is 1.11. The maximum atomic E-state index is 11.7. The number of nitrogens with zero attached hydrogens (tertiary/aromatic N) is 2. The molecule has 0 aliphatic heterocycles. The van der Waals surface area contributed by atoms with Gasteiger partial charge in [0.1, 0.15) is 17.3 Å². The fourth-order valence-corrected chi connectivity index (χ4v) is 1.57. The average Bonchev–Trinajstić information content (AvgIpc) is 2.65. The first-order chi connectivity index (χ1) is 7.65. The summed E-state index contributed by atoms with van der Waals surface area (Å²) in [5, 5.41) is 8.82. The Labute approximate surface area is 105 Å². The second kappa shape index (κ2) is 4.47. The van der Waals surface area contributed by atoms with Crippen LogP contribution in [0.15, 0.2) is 24.4 Å². The highest BCUT2D eigenvalue weighted by Gasteiger charge is 2.09. The third kappa shape index (κ3) is 2.48. The van der Waals surface area contributed by atoms with Gasteiger partial charge < -0.3 is 11.1 Å².